The molecule has 0 saturated heterocycles. The number of rotatable bonds is 7. The van der Waals surface area contributed by atoms with Gasteiger partial charge in [-0.3, -0.25) is 0 Å². The van der Waals surface area contributed by atoms with Gasteiger partial charge in [-0.2, -0.15) is 0 Å². The van der Waals surface area contributed by atoms with Crippen LogP contribution in [0.25, 0.3) is 22.3 Å². The van der Waals surface area contributed by atoms with Gasteiger partial charge in [0.15, 0.2) is 0 Å². The fourth-order valence-corrected chi connectivity index (χ4v) is 4.35. The molecule has 0 aliphatic heterocycles. The Balaban J connectivity index is 1.51. The van der Waals surface area contributed by atoms with Gasteiger partial charge in [-0.1, -0.05) is 109 Å². The molecule has 5 aromatic carbocycles. The summed E-state index contributed by atoms with van der Waals surface area (Å²) in [5, 5.41) is 0. The molecule has 5 aromatic rings. The molecule has 0 aromatic heterocycles. The smallest absolute Gasteiger partial charge is 0.0462 e. The van der Waals surface area contributed by atoms with Gasteiger partial charge in [-0.05, 0) is 77.6 Å². The van der Waals surface area contributed by atoms with Crippen molar-refractivity contribution >= 4 is 17.1 Å². The maximum absolute atomic E-state index is 2.32. The van der Waals surface area contributed by atoms with Gasteiger partial charge in [0.25, 0.3) is 0 Å². The zero-order valence-corrected chi connectivity index (χ0v) is 20.0. The number of allylic oxidation sites excluding steroid dienone is 2. The van der Waals surface area contributed by atoms with E-state index in [-0.39, 0.29) is 0 Å². The zero-order valence-electron chi connectivity index (χ0n) is 20.0. The molecule has 0 amide bonds. The second-order valence-corrected chi connectivity index (χ2v) is 8.60. The van der Waals surface area contributed by atoms with Crippen LogP contribution < -0.4 is 4.90 Å². The van der Waals surface area contributed by atoms with Crippen LogP contribution in [0.2, 0.25) is 0 Å². The molecule has 0 heterocycles. The van der Waals surface area contributed by atoms with Crippen molar-refractivity contribution in [3.05, 3.63) is 151 Å². The van der Waals surface area contributed by atoms with E-state index in [1.54, 1.807) is 0 Å². The van der Waals surface area contributed by atoms with E-state index in [0.29, 0.717) is 0 Å². The van der Waals surface area contributed by atoms with Crippen molar-refractivity contribution in [1.29, 1.82) is 0 Å². The highest BCUT2D eigenvalue weighted by molar-refractivity contribution is 5.79. The summed E-state index contributed by atoms with van der Waals surface area (Å²) in [5.74, 6) is 0. The lowest BCUT2D eigenvalue weighted by Gasteiger charge is -2.26. The molecule has 1 heteroatoms. The Morgan fingerprint density at radius 3 is 1.23 bits per heavy atom. The molecule has 0 spiro atoms. The number of hydrogen-bond donors (Lipinski definition) is 0. The SMILES string of the molecule is C/C=C\Cc1ccc(N(c2ccc(-c3ccccc3)cc2)c2ccc(-c3ccccc3)cc2)cc1. The summed E-state index contributed by atoms with van der Waals surface area (Å²) < 4.78 is 0. The van der Waals surface area contributed by atoms with Gasteiger partial charge >= 0.3 is 0 Å². The first-order valence-corrected chi connectivity index (χ1v) is 12.1. The highest BCUT2D eigenvalue weighted by Crippen LogP contribution is 2.36. The molecular formula is C34H29N. The molecule has 35 heavy (non-hydrogen) atoms. The van der Waals surface area contributed by atoms with Crippen molar-refractivity contribution in [3.63, 3.8) is 0 Å². The molecule has 5 rings (SSSR count). The molecule has 1 nitrogen and oxygen atoms in total. The van der Waals surface area contributed by atoms with E-state index in [0.717, 1.165) is 23.5 Å². The first-order valence-electron chi connectivity index (χ1n) is 12.1. The second-order valence-electron chi connectivity index (χ2n) is 8.60. The molecule has 0 radical (unpaired) electrons. The minimum Gasteiger partial charge on any atom is -0.311 e. The second kappa shape index (κ2) is 10.7. The summed E-state index contributed by atoms with van der Waals surface area (Å²) in [4.78, 5) is 2.32. The Morgan fingerprint density at radius 2 is 0.829 bits per heavy atom. The van der Waals surface area contributed by atoms with Crippen LogP contribution in [-0.2, 0) is 6.42 Å². The van der Waals surface area contributed by atoms with Crippen LogP contribution in [0.3, 0.4) is 0 Å². The number of benzene rings is 5. The fourth-order valence-electron chi connectivity index (χ4n) is 4.35. The van der Waals surface area contributed by atoms with Crippen molar-refractivity contribution in [1.82, 2.24) is 0 Å². The van der Waals surface area contributed by atoms with Gasteiger partial charge in [0.2, 0.25) is 0 Å². The zero-order chi connectivity index (χ0) is 23.9. The van der Waals surface area contributed by atoms with Crippen LogP contribution in [-0.4, -0.2) is 0 Å². The van der Waals surface area contributed by atoms with Crippen LogP contribution in [0, 0.1) is 0 Å². The van der Waals surface area contributed by atoms with Crippen molar-refractivity contribution in [2.24, 2.45) is 0 Å². The normalized spacial score (nSPS) is 11.0. The van der Waals surface area contributed by atoms with Gasteiger partial charge in [0.1, 0.15) is 0 Å². The van der Waals surface area contributed by atoms with Gasteiger partial charge in [0, 0.05) is 17.1 Å². The van der Waals surface area contributed by atoms with Crippen molar-refractivity contribution in [3.8, 4) is 22.3 Å². The molecule has 170 valence electrons. The highest BCUT2D eigenvalue weighted by atomic mass is 15.1. The van der Waals surface area contributed by atoms with E-state index in [2.05, 4.69) is 157 Å². The summed E-state index contributed by atoms with van der Waals surface area (Å²) >= 11 is 0. The third-order valence-corrected chi connectivity index (χ3v) is 6.25. The average molecular weight is 452 g/mol. The molecule has 0 aliphatic carbocycles. The molecule has 0 atom stereocenters. The number of anilines is 3. The standard InChI is InChI=1S/C34H29N/c1-2-3-10-27-15-21-32(22-16-27)35(33-23-17-30(18-24-33)28-11-6-4-7-12-28)34-25-19-31(20-26-34)29-13-8-5-9-14-29/h2-9,11-26H,10H2,1H3/b3-2-. The van der Waals surface area contributed by atoms with Gasteiger partial charge in [-0.25, -0.2) is 0 Å². The Morgan fingerprint density at radius 1 is 0.457 bits per heavy atom. The maximum Gasteiger partial charge on any atom is 0.0462 e. The Hall–Kier alpha value is -4.36. The maximum atomic E-state index is 2.32. The van der Waals surface area contributed by atoms with E-state index < -0.39 is 0 Å². The van der Waals surface area contributed by atoms with E-state index >= 15 is 0 Å². The predicted molar refractivity (Wildman–Crippen MR) is 151 cm³/mol. The summed E-state index contributed by atoms with van der Waals surface area (Å²) in [6.07, 6.45) is 5.24. The van der Waals surface area contributed by atoms with Gasteiger partial charge < -0.3 is 4.90 Å². The van der Waals surface area contributed by atoms with Crippen LogP contribution >= 0.6 is 0 Å². The molecule has 0 N–H and O–H groups in total. The van der Waals surface area contributed by atoms with Gasteiger partial charge in [0.05, 0.1) is 0 Å². The third kappa shape index (κ3) is 5.26. The molecule has 0 bridgehead atoms. The largest absolute Gasteiger partial charge is 0.311 e. The monoisotopic (exact) mass is 451 g/mol. The van der Waals surface area contributed by atoms with E-state index in [1.165, 1.54) is 27.8 Å². The Kier molecular flexibility index (Phi) is 6.87. The lowest BCUT2D eigenvalue weighted by Crippen LogP contribution is -2.10. The average Bonchev–Trinajstić information content (AvgIpc) is 2.94. The van der Waals surface area contributed by atoms with E-state index in [1.807, 2.05) is 0 Å². The number of nitrogens with zero attached hydrogens (tertiary/aromatic N) is 1. The topological polar surface area (TPSA) is 3.24 Å². The summed E-state index contributed by atoms with van der Waals surface area (Å²) in [6.45, 7) is 2.06. The number of hydrogen-bond acceptors (Lipinski definition) is 1. The minimum atomic E-state index is 0.953. The van der Waals surface area contributed by atoms with Crippen LogP contribution in [0.15, 0.2) is 146 Å². The predicted octanol–water partition coefficient (Wildman–Crippen LogP) is 9.61. The van der Waals surface area contributed by atoms with E-state index in [9.17, 15) is 0 Å². The lowest BCUT2D eigenvalue weighted by atomic mass is 10.0. The minimum absolute atomic E-state index is 0.953. The quantitative estimate of drug-likeness (QED) is 0.223. The first-order chi connectivity index (χ1) is 17.3. The summed E-state index contributed by atoms with van der Waals surface area (Å²) in [7, 11) is 0. The third-order valence-electron chi connectivity index (χ3n) is 6.25. The first kappa shape index (κ1) is 22.4. The van der Waals surface area contributed by atoms with Crippen molar-refractivity contribution in [2.45, 2.75) is 13.3 Å². The summed E-state index contributed by atoms with van der Waals surface area (Å²) in [6, 6.07) is 47.6. The Labute approximate surface area is 208 Å². The Bertz CT molecular complexity index is 1280. The molecule has 0 saturated carbocycles. The molecular weight excluding hydrogens is 422 g/mol. The van der Waals surface area contributed by atoms with E-state index in [4.69, 9.17) is 0 Å². The van der Waals surface area contributed by atoms with Crippen molar-refractivity contribution in [2.75, 3.05) is 4.90 Å². The molecule has 0 unspecified atom stereocenters. The van der Waals surface area contributed by atoms with Crippen LogP contribution in [0.5, 0.6) is 0 Å². The van der Waals surface area contributed by atoms with Gasteiger partial charge in [-0.15, -0.1) is 0 Å². The molecule has 0 aliphatic rings. The summed E-state index contributed by atoms with van der Waals surface area (Å²) in [5.41, 5.74) is 9.62. The van der Waals surface area contributed by atoms with Crippen LogP contribution in [0.1, 0.15) is 12.5 Å². The molecule has 0 fully saturated rings. The lowest BCUT2D eigenvalue weighted by molar-refractivity contribution is 1.23. The van der Waals surface area contributed by atoms with Crippen LogP contribution in [0.4, 0.5) is 17.1 Å². The highest BCUT2D eigenvalue weighted by Gasteiger charge is 2.13. The van der Waals surface area contributed by atoms with Crippen molar-refractivity contribution < 1.29 is 0 Å². The fraction of sp³-hybridized carbons (Fsp3) is 0.0588.